The fourth-order valence-corrected chi connectivity index (χ4v) is 3.87. The van der Waals surface area contributed by atoms with Crippen molar-refractivity contribution in [3.05, 3.63) is 64.2 Å². The van der Waals surface area contributed by atoms with Gasteiger partial charge in [-0.2, -0.15) is 5.10 Å². The molecule has 0 fully saturated rings. The number of H-pyrrole nitrogens is 1. The fourth-order valence-electron chi connectivity index (χ4n) is 3.87. The van der Waals surface area contributed by atoms with Gasteiger partial charge in [-0.05, 0) is 51.5 Å². The van der Waals surface area contributed by atoms with E-state index in [1.54, 1.807) is 0 Å². The lowest BCUT2D eigenvalue weighted by atomic mass is 9.98. The maximum atomic E-state index is 12.6. The molecule has 27 heavy (non-hydrogen) atoms. The average Bonchev–Trinajstić information content (AvgIpc) is 3.17. The molecule has 0 spiro atoms. The van der Waals surface area contributed by atoms with Gasteiger partial charge in [0, 0.05) is 29.9 Å². The highest BCUT2D eigenvalue weighted by molar-refractivity contribution is 5.88. The molecule has 0 saturated carbocycles. The molecule has 0 unspecified atom stereocenters. The first-order valence-electron chi connectivity index (χ1n) is 9.40. The molecule has 2 heterocycles. The number of rotatable bonds is 4. The monoisotopic (exact) mass is 360 g/mol. The molecule has 4 aromatic rings. The number of benzene rings is 2. The van der Waals surface area contributed by atoms with Gasteiger partial charge in [0.05, 0.1) is 11.0 Å². The van der Waals surface area contributed by atoms with Crippen LogP contribution in [0.25, 0.3) is 33.4 Å². The van der Waals surface area contributed by atoms with E-state index in [2.05, 4.69) is 53.5 Å². The summed E-state index contributed by atoms with van der Waals surface area (Å²) in [6, 6.07) is 14.6. The molecule has 0 bridgehead atoms. The number of imidazole rings is 1. The molecule has 0 amide bonds. The van der Waals surface area contributed by atoms with Crippen LogP contribution in [0.3, 0.4) is 0 Å². The molecule has 2 aromatic carbocycles. The van der Waals surface area contributed by atoms with Crippen LogP contribution < -0.4 is 5.69 Å². The second-order valence-corrected chi connectivity index (χ2v) is 6.92. The second kappa shape index (κ2) is 6.58. The molecule has 5 nitrogen and oxygen atoms in total. The number of hydrogen-bond donors (Lipinski definition) is 1. The molecule has 0 aliphatic rings. The van der Waals surface area contributed by atoms with E-state index in [1.165, 1.54) is 5.56 Å². The van der Waals surface area contributed by atoms with Crippen molar-refractivity contribution < 1.29 is 0 Å². The van der Waals surface area contributed by atoms with E-state index in [0.29, 0.717) is 13.1 Å². The van der Waals surface area contributed by atoms with Crippen LogP contribution in [0.5, 0.6) is 0 Å². The lowest BCUT2D eigenvalue weighted by Crippen LogP contribution is -2.22. The highest BCUT2D eigenvalue weighted by atomic mass is 16.1. The fraction of sp³-hybridized carbons (Fsp3) is 0.273. The van der Waals surface area contributed by atoms with Gasteiger partial charge in [-0.1, -0.05) is 29.8 Å². The van der Waals surface area contributed by atoms with Gasteiger partial charge in [0.2, 0.25) is 0 Å². The number of hydrogen-bond acceptors (Lipinski definition) is 2. The third-order valence-electron chi connectivity index (χ3n) is 5.18. The van der Waals surface area contributed by atoms with Crippen LogP contribution in [0.15, 0.2) is 47.3 Å². The summed E-state index contributed by atoms with van der Waals surface area (Å²) in [5, 5.41) is 7.70. The van der Waals surface area contributed by atoms with Gasteiger partial charge >= 0.3 is 5.69 Å². The maximum Gasteiger partial charge on any atom is 0.329 e. The lowest BCUT2D eigenvalue weighted by molar-refractivity contribution is 0.671. The van der Waals surface area contributed by atoms with Gasteiger partial charge in [-0.3, -0.25) is 14.2 Å². The third kappa shape index (κ3) is 2.70. The van der Waals surface area contributed by atoms with Gasteiger partial charge in [0.1, 0.15) is 5.69 Å². The smallest absolute Gasteiger partial charge is 0.292 e. The molecule has 0 aliphatic carbocycles. The summed E-state index contributed by atoms with van der Waals surface area (Å²) >= 11 is 0. The Morgan fingerprint density at radius 2 is 1.67 bits per heavy atom. The predicted octanol–water partition coefficient (Wildman–Crippen LogP) is 4.52. The molecule has 2 aromatic heterocycles. The van der Waals surface area contributed by atoms with Crippen molar-refractivity contribution in [3.8, 4) is 22.4 Å². The van der Waals surface area contributed by atoms with Crippen molar-refractivity contribution in [2.45, 2.75) is 40.8 Å². The van der Waals surface area contributed by atoms with Crippen molar-refractivity contribution in [2.24, 2.45) is 0 Å². The summed E-state index contributed by atoms with van der Waals surface area (Å²) in [5.41, 5.74) is 8.41. The number of aromatic nitrogens is 4. The normalized spacial score (nSPS) is 11.4. The van der Waals surface area contributed by atoms with Crippen molar-refractivity contribution in [1.82, 2.24) is 19.3 Å². The molecule has 138 valence electrons. The van der Waals surface area contributed by atoms with Crippen LogP contribution in [-0.4, -0.2) is 19.3 Å². The molecule has 4 rings (SSSR count). The summed E-state index contributed by atoms with van der Waals surface area (Å²) < 4.78 is 3.66. The minimum absolute atomic E-state index is 0.0509. The van der Waals surface area contributed by atoms with Gasteiger partial charge in [-0.25, -0.2) is 4.79 Å². The Balaban J connectivity index is 1.96. The van der Waals surface area contributed by atoms with E-state index >= 15 is 0 Å². The van der Waals surface area contributed by atoms with Gasteiger partial charge in [0.15, 0.2) is 0 Å². The summed E-state index contributed by atoms with van der Waals surface area (Å²) in [4.78, 5) is 12.6. The van der Waals surface area contributed by atoms with E-state index < -0.39 is 0 Å². The van der Waals surface area contributed by atoms with Gasteiger partial charge < -0.3 is 0 Å². The quantitative estimate of drug-likeness (QED) is 0.582. The number of nitrogens with one attached hydrogen (secondary N) is 1. The summed E-state index contributed by atoms with van der Waals surface area (Å²) in [6.07, 6.45) is 0. The Bertz CT molecular complexity index is 1190. The van der Waals surface area contributed by atoms with Gasteiger partial charge in [-0.15, -0.1) is 0 Å². The summed E-state index contributed by atoms with van der Waals surface area (Å²) in [6.45, 7) is 9.46. The molecule has 5 heteroatoms. The Hall–Kier alpha value is -3.08. The molecular formula is C22H24N4O. The largest absolute Gasteiger partial charge is 0.329 e. The van der Waals surface area contributed by atoms with Crippen LogP contribution in [0.1, 0.15) is 25.1 Å². The Morgan fingerprint density at radius 1 is 0.926 bits per heavy atom. The molecular weight excluding hydrogens is 336 g/mol. The third-order valence-corrected chi connectivity index (χ3v) is 5.18. The van der Waals surface area contributed by atoms with Gasteiger partial charge in [0.25, 0.3) is 0 Å². The first-order valence-corrected chi connectivity index (χ1v) is 9.40. The average molecular weight is 360 g/mol. The van der Waals surface area contributed by atoms with E-state index in [0.717, 1.165) is 39.1 Å². The molecule has 1 N–H and O–H groups in total. The van der Waals surface area contributed by atoms with Crippen molar-refractivity contribution in [2.75, 3.05) is 0 Å². The van der Waals surface area contributed by atoms with Crippen molar-refractivity contribution >= 4 is 11.0 Å². The van der Waals surface area contributed by atoms with Crippen LogP contribution in [-0.2, 0) is 13.1 Å². The molecule has 0 aliphatic heterocycles. The van der Waals surface area contributed by atoms with E-state index in [-0.39, 0.29) is 5.69 Å². The molecule has 0 saturated heterocycles. The van der Waals surface area contributed by atoms with Crippen LogP contribution in [0, 0.1) is 13.8 Å². The van der Waals surface area contributed by atoms with Crippen LogP contribution in [0.4, 0.5) is 0 Å². The standard InChI is InChI=1S/C22H24N4O/c1-5-25-18-11-10-16(13-19(18)26(6-2)22(25)27)20-15(4)23-24-21(20)17-9-7-8-14(3)12-17/h7-13H,5-6H2,1-4H3,(H,23,24). The number of nitrogens with zero attached hydrogens (tertiary/aromatic N) is 3. The second-order valence-electron chi connectivity index (χ2n) is 6.92. The Morgan fingerprint density at radius 3 is 2.37 bits per heavy atom. The minimum Gasteiger partial charge on any atom is -0.292 e. The van der Waals surface area contributed by atoms with Crippen LogP contribution >= 0.6 is 0 Å². The number of aromatic amines is 1. The maximum absolute atomic E-state index is 12.6. The van der Waals surface area contributed by atoms with Crippen molar-refractivity contribution in [3.63, 3.8) is 0 Å². The zero-order valence-electron chi connectivity index (χ0n) is 16.2. The lowest BCUT2D eigenvalue weighted by Gasteiger charge is -2.07. The Labute approximate surface area is 158 Å². The zero-order chi connectivity index (χ0) is 19.1. The molecule has 0 atom stereocenters. The summed E-state index contributed by atoms with van der Waals surface area (Å²) in [7, 11) is 0. The SMILES string of the molecule is CCn1c(=O)n(CC)c2cc(-c3c(-c4cccc(C)c4)n[nH]c3C)ccc21. The van der Waals surface area contributed by atoms with Crippen LogP contribution in [0.2, 0.25) is 0 Å². The highest BCUT2D eigenvalue weighted by Gasteiger charge is 2.17. The highest BCUT2D eigenvalue weighted by Crippen LogP contribution is 2.34. The van der Waals surface area contributed by atoms with Crippen molar-refractivity contribution in [1.29, 1.82) is 0 Å². The van der Waals surface area contributed by atoms with E-state index in [9.17, 15) is 4.79 Å². The first kappa shape index (κ1) is 17.3. The summed E-state index contributed by atoms with van der Waals surface area (Å²) in [5.74, 6) is 0. The zero-order valence-corrected chi connectivity index (χ0v) is 16.2. The van der Waals surface area contributed by atoms with E-state index in [1.807, 2.05) is 36.0 Å². The van der Waals surface area contributed by atoms with E-state index in [4.69, 9.17) is 0 Å². The molecule has 0 radical (unpaired) electrons. The predicted molar refractivity (Wildman–Crippen MR) is 110 cm³/mol. The number of fused-ring (bicyclic) bond motifs is 1. The topological polar surface area (TPSA) is 55.6 Å². The first-order chi connectivity index (χ1) is 13.0. The Kier molecular flexibility index (Phi) is 4.22. The minimum atomic E-state index is 0.0509. The number of aryl methyl sites for hydroxylation is 4.